The molecule has 9 heteroatoms. The molecular weight excluding hydrogens is 428 g/mol. The van der Waals surface area contributed by atoms with Crippen molar-refractivity contribution >= 4 is 39.8 Å². The number of hydrogen-bond donors (Lipinski definition) is 0. The summed E-state index contributed by atoms with van der Waals surface area (Å²) in [5, 5.41) is 12.0. The van der Waals surface area contributed by atoms with Crippen molar-refractivity contribution in [2.45, 2.75) is 31.7 Å². The van der Waals surface area contributed by atoms with Gasteiger partial charge in [-0.3, -0.25) is 14.7 Å². The van der Waals surface area contributed by atoms with E-state index in [0.717, 1.165) is 33.5 Å². The molecule has 31 heavy (non-hydrogen) atoms. The maximum absolute atomic E-state index is 12.4. The van der Waals surface area contributed by atoms with Crippen LogP contribution in [-0.4, -0.2) is 30.6 Å². The van der Waals surface area contributed by atoms with Gasteiger partial charge in [0.2, 0.25) is 5.91 Å². The minimum Gasteiger partial charge on any atom is -0.305 e. The van der Waals surface area contributed by atoms with E-state index < -0.39 is 0 Å². The van der Waals surface area contributed by atoms with Crippen LogP contribution in [0.1, 0.15) is 23.7 Å². The highest BCUT2D eigenvalue weighted by molar-refractivity contribution is 7.98. The molecule has 7 nitrogen and oxygen atoms in total. The first-order valence-corrected chi connectivity index (χ1v) is 11.6. The Morgan fingerprint density at radius 2 is 2.03 bits per heavy atom. The van der Waals surface area contributed by atoms with Crippen molar-refractivity contribution in [2.24, 2.45) is 7.05 Å². The number of nitrogens with zero attached hydrogens (tertiary/aromatic N) is 6. The van der Waals surface area contributed by atoms with Gasteiger partial charge in [0, 0.05) is 43.1 Å². The van der Waals surface area contributed by atoms with E-state index in [9.17, 15) is 4.79 Å². The van der Waals surface area contributed by atoms with Crippen molar-refractivity contribution < 1.29 is 4.79 Å². The van der Waals surface area contributed by atoms with Crippen molar-refractivity contribution in [3.8, 4) is 11.4 Å². The Morgan fingerprint density at radius 3 is 2.74 bits per heavy atom. The first-order valence-electron chi connectivity index (χ1n) is 9.69. The van der Waals surface area contributed by atoms with Gasteiger partial charge in [-0.2, -0.15) is 0 Å². The largest absolute Gasteiger partial charge is 0.305 e. The van der Waals surface area contributed by atoms with E-state index in [4.69, 9.17) is 4.98 Å². The van der Waals surface area contributed by atoms with E-state index in [1.54, 1.807) is 36.0 Å². The number of thiazole rings is 1. The average molecular weight is 451 g/mol. The van der Waals surface area contributed by atoms with E-state index >= 15 is 0 Å². The predicted octanol–water partition coefficient (Wildman–Crippen LogP) is 4.93. The number of aromatic nitrogens is 5. The number of rotatable bonds is 6. The van der Waals surface area contributed by atoms with Crippen LogP contribution in [0.3, 0.4) is 0 Å². The summed E-state index contributed by atoms with van der Waals surface area (Å²) in [5.74, 6) is 1.34. The van der Waals surface area contributed by atoms with Gasteiger partial charge in [0.05, 0.1) is 11.4 Å². The van der Waals surface area contributed by atoms with E-state index in [1.807, 2.05) is 54.3 Å². The minimum absolute atomic E-state index is 0.0637. The van der Waals surface area contributed by atoms with Crippen LogP contribution < -0.4 is 4.90 Å². The van der Waals surface area contributed by atoms with Crippen molar-refractivity contribution in [1.82, 2.24) is 24.7 Å². The molecule has 3 aromatic heterocycles. The van der Waals surface area contributed by atoms with E-state index in [-0.39, 0.29) is 5.91 Å². The lowest BCUT2D eigenvalue weighted by Crippen LogP contribution is -2.22. The zero-order valence-corrected chi connectivity index (χ0v) is 19.4. The van der Waals surface area contributed by atoms with Crippen LogP contribution in [-0.2, 0) is 17.6 Å². The Balaban J connectivity index is 1.51. The van der Waals surface area contributed by atoms with Gasteiger partial charge in [-0.05, 0) is 49.2 Å². The molecule has 4 rings (SSSR count). The van der Waals surface area contributed by atoms with Crippen LogP contribution in [0.25, 0.3) is 11.4 Å². The first kappa shape index (κ1) is 21.2. The van der Waals surface area contributed by atoms with Gasteiger partial charge in [-0.25, -0.2) is 4.98 Å². The number of benzene rings is 1. The van der Waals surface area contributed by atoms with Gasteiger partial charge >= 0.3 is 0 Å². The summed E-state index contributed by atoms with van der Waals surface area (Å²) in [6.07, 6.45) is 3.51. The third kappa shape index (κ3) is 4.52. The van der Waals surface area contributed by atoms with E-state index in [0.29, 0.717) is 10.9 Å². The molecule has 0 fully saturated rings. The topological polar surface area (TPSA) is 76.8 Å². The monoisotopic (exact) mass is 450 g/mol. The zero-order valence-electron chi connectivity index (χ0n) is 17.7. The Labute approximate surface area is 189 Å². The Bertz CT molecular complexity index is 1220. The van der Waals surface area contributed by atoms with Crippen LogP contribution in [0.4, 0.5) is 10.8 Å². The van der Waals surface area contributed by atoms with Crippen LogP contribution in [0.2, 0.25) is 0 Å². The second-order valence-corrected chi connectivity index (χ2v) is 8.92. The fourth-order valence-corrected chi connectivity index (χ4v) is 4.88. The van der Waals surface area contributed by atoms with Crippen LogP contribution in [0, 0.1) is 13.8 Å². The summed E-state index contributed by atoms with van der Waals surface area (Å²) in [5.41, 5.74) is 4.98. The molecule has 0 aliphatic heterocycles. The summed E-state index contributed by atoms with van der Waals surface area (Å²) in [4.78, 5) is 22.9. The number of pyridine rings is 1. The summed E-state index contributed by atoms with van der Waals surface area (Å²) in [6, 6.07) is 9.84. The fourth-order valence-electron chi connectivity index (χ4n) is 3.08. The van der Waals surface area contributed by atoms with Gasteiger partial charge < -0.3 is 4.57 Å². The number of thioether (sulfide) groups is 1. The number of carbonyl (C=O) groups excluding carboxylic acids is 1. The molecule has 0 unspecified atom stereocenters. The second-order valence-electron chi connectivity index (χ2n) is 7.14. The Hall–Kier alpha value is -3.04. The number of anilines is 2. The number of amides is 1. The normalized spacial score (nSPS) is 11.0. The number of aryl methyl sites for hydroxylation is 2. The molecule has 0 N–H and O–H groups in total. The SMILES string of the molecule is CC(=O)N(c1ccc(C)c(C)c1)c1nc(CSc2nnc(-c3cccnc3)n2C)cs1. The number of carbonyl (C=O) groups is 1. The maximum atomic E-state index is 12.4. The van der Waals surface area contributed by atoms with Gasteiger partial charge in [-0.1, -0.05) is 17.8 Å². The smallest absolute Gasteiger partial charge is 0.230 e. The molecule has 0 aliphatic carbocycles. The second kappa shape index (κ2) is 8.99. The predicted molar refractivity (Wildman–Crippen MR) is 125 cm³/mol. The third-order valence-corrected chi connectivity index (χ3v) is 6.83. The lowest BCUT2D eigenvalue weighted by atomic mass is 10.1. The highest BCUT2D eigenvalue weighted by Gasteiger charge is 2.19. The minimum atomic E-state index is -0.0637. The van der Waals surface area contributed by atoms with Crippen LogP contribution in [0.15, 0.2) is 53.3 Å². The Morgan fingerprint density at radius 1 is 1.19 bits per heavy atom. The highest BCUT2D eigenvalue weighted by Crippen LogP contribution is 2.32. The molecule has 1 aromatic carbocycles. The Kier molecular flexibility index (Phi) is 6.15. The molecule has 1 amide bonds. The average Bonchev–Trinajstić information content (AvgIpc) is 3.36. The van der Waals surface area contributed by atoms with Crippen molar-refractivity contribution in [3.63, 3.8) is 0 Å². The molecular formula is C22H22N6OS2. The molecule has 0 atom stereocenters. The van der Waals surface area contributed by atoms with E-state index in [2.05, 4.69) is 22.1 Å². The molecule has 0 saturated heterocycles. The highest BCUT2D eigenvalue weighted by atomic mass is 32.2. The number of hydrogen-bond acceptors (Lipinski definition) is 7. The standard InChI is InChI=1S/C22H22N6OS2/c1-14-7-8-19(10-15(14)2)28(16(3)29)21-24-18(12-30-21)13-31-22-26-25-20(27(22)4)17-6-5-9-23-11-17/h5-12H,13H2,1-4H3. The summed E-state index contributed by atoms with van der Waals surface area (Å²) in [6.45, 7) is 5.66. The van der Waals surface area contributed by atoms with Crippen LogP contribution >= 0.6 is 23.1 Å². The van der Waals surface area contributed by atoms with Crippen LogP contribution in [0.5, 0.6) is 0 Å². The third-order valence-electron chi connectivity index (χ3n) is 4.90. The molecule has 3 heterocycles. The van der Waals surface area contributed by atoms with Crippen molar-refractivity contribution in [3.05, 3.63) is 64.9 Å². The fraction of sp³-hybridized carbons (Fsp3) is 0.227. The molecule has 0 aliphatic rings. The first-order chi connectivity index (χ1) is 14.9. The summed E-state index contributed by atoms with van der Waals surface area (Å²) < 4.78 is 1.95. The molecule has 4 aromatic rings. The molecule has 0 saturated carbocycles. The molecule has 0 bridgehead atoms. The molecule has 158 valence electrons. The molecule has 0 spiro atoms. The summed E-state index contributed by atoms with van der Waals surface area (Å²) in [7, 11) is 1.94. The van der Waals surface area contributed by atoms with Gasteiger partial charge in [0.1, 0.15) is 0 Å². The lowest BCUT2D eigenvalue weighted by Gasteiger charge is -2.19. The quantitative estimate of drug-likeness (QED) is 0.388. The molecule has 0 radical (unpaired) electrons. The van der Waals surface area contributed by atoms with Gasteiger partial charge in [0.15, 0.2) is 16.1 Å². The maximum Gasteiger partial charge on any atom is 0.230 e. The van der Waals surface area contributed by atoms with Gasteiger partial charge in [0.25, 0.3) is 0 Å². The summed E-state index contributed by atoms with van der Waals surface area (Å²) >= 11 is 3.02. The van der Waals surface area contributed by atoms with Crippen molar-refractivity contribution in [2.75, 3.05) is 4.90 Å². The lowest BCUT2D eigenvalue weighted by molar-refractivity contribution is -0.115. The zero-order chi connectivity index (χ0) is 22.0. The van der Waals surface area contributed by atoms with Crippen molar-refractivity contribution in [1.29, 1.82) is 0 Å². The van der Waals surface area contributed by atoms with E-state index in [1.165, 1.54) is 16.9 Å². The van der Waals surface area contributed by atoms with Gasteiger partial charge in [-0.15, -0.1) is 21.5 Å².